The van der Waals surface area contributed by atoms with Gasteiger partial charge < -0.3 is 10.8 Å². The Balaban J connectivity index is 2.30. The fourth-order valence-corrected chi connectivity index (χ4v) is 1.50. The molecule has 1 aliphatic rings. The number of nitrogens with one attached hydrogen (secondary N) is 1. The minimum atomic E-state index is -1.14. The van der Waals surface area contributed by atoms with Crippen molar-refractivity contribution < 1.29 is 19.5 Å². The van der Waals surface area contributed by atoms with E-state index < -0.39 is 24.0 Å². The first-order valence-electron chi connectivity index (χ1n) is 4.47. The molecule has 0 unspecified atom stereocenters. The molecule has 0 atom stereocenters. The lowest BCUT2D eigenvalue weighted by molar-refractivity contribution is -0.151. The smallest absolute Gasteiger partial charge is 0.332 e. The first-order chi connectivity index (χ1) is 6.54. The summed E-state index contributed by atoms with van der Waals surface area (Å²) < 4.78 is 0. The minimum Gasteiger partial charge on any atom is -0.479 e. The van der Waals surface area contributed by atoms with Crippen molar-refractivity contribution in [2.75, 3.05) is 6.61 Å². The average molecular weight is 202 g/mol. The molecule has 1 amide bonds. The first kappa shape index (κ1) is 10.9. The Morgan fingerprint density at radius 1 is 1.43 bits per heavy atom. The van der Waals surface area contributed by atoms with Gasteiger partial charge in [-0.1, -0.05) is 12.8 Å². The second-order valence-electron chi connectivity index (χ2n) is 3.48. The molecule has 6 nitrogen and oxygen atoms in total. The molecule has 0 spiro atoms. The first-order valence-corrected chi connectivity index (χ1v) is 4.47. The monoisotopic (exact) mass is 202 g/mol. The molecule has 80 valence electrons. The highest BCUT2D eigenvalue weighted by molar-refractivity contribution is 5.85. The molecule has 0 aromatic carbocycles. The van der Waals surface area contributed by atoms with Gasteiger partial charge in [0.25, 0.3) is 5.91 Å². The van der Waals surface area contributed by atoms with E-state index >= 15 is 0 Å². The fourth-order valence-electron chi connectivity index (χ4n) is 1.50. The summed E-state index contributed by atoms with van der Waals surface area (Å²) in [6, 6.07) is 0. The predicted molar refractivity (Wildman–Crippen MR) is 47.1 cm³/mol. The number of carbonyl (C=O) groups excluding carboxylic acids is 1. The number of carbonyl (C=O) groups is 2. The summed E-state index contributed by atoms with van der Waals surface area (Å²) in [5, 5.41) is 8.25. The second-order valence-corrected chi connectivity index (χ2v) is 3.48. The molecule has 0 saturated heterocycles. The largest absolute Gasteiger partial charge is 0.479 e. The standard InChI is InChI=1S/C8H14N2O4/c9-8(3-1-2-4-8)7(13)10-14-5-6(11)12/h1-5,9H2,(H,10,13)(H,11,12). The molecule has 6 heteroatoms. The van der Waals surface area contributed by atoms with Crippen molar-refractivity contribution in [2.24, 2.45) is 5.73 Å². The van der Waals surface area contributed by atoms with Crippen LogP contribution in [0.3, 0.4) is 0 Å². The SMILES string of the molecule is NC1(C(=O)NOCC(=O)O)CCCC1. The lowest BCUT2D eigenvalue weighted by atomic mass is 9.99. The Labute approximate surface area is 81.4 Å². The van der Waals surface area contributed by atoms with Gasteiger partial charge in [0.15, 0.2) is 6.61 Å². The number of amides is 1. The number of hydrogen-bond acceptors (Lipinski definition) is 4. The zero-order valence-corrected chi connectivity index (χ0v) is 7.78. The van der Waals surface area contributed by atoms with Gasteiger partial charge in [-0.05, 0) is 12.8 Å². The number of hydroxylamine groups is 1. The lowest BCUT2D eigenvalue weighted by Crippen LogP contribution is -2.52. The number of nitrogens with two attached hydrogens (primary N) is 1. The summed E-state index contributed by atoms with van der Waals surface area (Å²) >= 11 is 0. The van der Waals surface area contributed by atoms with Gasteiger partial charge in [0.2, 0.25) is 0 Å². The van der Waals surface area contributed by atoms with Crippen LogP contribution >= 0.6 is 0 Å². The van der Waals surface area contributed by atoms with Crippen LogP contribution < -0.4 is 11.2 Å². The molecule has 14 heavy (non-hydrogen) atoms. The Morgan fingerprint density at radius 3 is 2.50 bits per heavy atom. The molecule has 4 N–H and O–H groups in total. The van der Waals surface area contributed by atoms with E-state index in [1.807, 2.05) is 0 Å². The van der Waals surface area contributed by atoms with Crippen molar-refractivity contribution in [3.05, 3.63) is 0 Å². The quantitative estimate of drug-likeness (QED) is 0.528. The highest BCUT2D eigenvalue weighted by Crippen LogP contribution is 2.26. The van der Waals surface area contributed by atoms with Crippen molar-refractivity contribution in [3.63, 3.8) is 0 Å². The van der Waals surface area contributed by atoms with Crippen molar-refractivity contribution in [3.8, 4) is 0 Å². The van der Waals surface area contributed by atoms with Crippen LogP contribution in [0.25, 0.3) is 0 Å². The summed E-state index contributed by atoms with van der Waals surface area (Å²) in [7, 11) is 0. The van der Waals surface area contributed by atoms with E-state index in [1.165, 1.54) is 0 Å². The topological polar surface area (TPSA) is 102 Å². The summed E-state index contributed by atoms with van der Waals surface area (Å²) in [6.45, 7) is -0.554. The second kappa shape index (κ2) is 4.39. The molecule has 0 aliphatic heterocycles. The maximum absolute atomic E-state index is 11.4. The van der Waals surface area contributed by atoms with Crippen LogP contribution in [0, 0.1) is 0 Å². The fraction of sp³-hybridized carbons (Fsp3) is 0.750. The van der Waals surface area contributed by atoms with Crippen molar-refractivity contribution in [2.45, 2.75) is 31.2 Å². The van der Waals surface area contributed by atoms with Gasteiger partial charge in [-0.2, -0.15) is 0 Å². The van der Waals surface area contributed by atoms with Crippen molar-refractivity contribution in [1.82, 2.24) is 5.48 Å². The van der Waals surface area contributed by atoms with Crippen LogP contribution in [0.1, 0.15) is 25.7 Å². The van der Waals surface area contributed by atoms with Crippen molar-refractivity contribution in [1.29, 1.82) is 0 Å². The van der Waals surface area contributed by atoms with Gasteiger partial charge in [-0.15, -0.1) is 0 Å². The molecule has 0 aromatic rings. The Kier molecular flexibility index (Phi) is 3.43. The number of aliphatic carboxylic acids is 1. The third kappa shape index (κ3) is 2.68. The van der Waals surface area contributed by atoms with E-state index in [0.717, 1.165) is 12.8 Å². The van der Waals surface area contributed by atoms with Gasteiger partial charge in [0.05, 0.1) is 5.54 Å². The Morgan fingerprint density at radius 2 is 2.00 bits per heavy atom. The summed E-state index contributed by atoms with van der Waals surface area (Å²) in [4.78, 5) is 25.9. The van der Waals surface area contributed by atoms with E-state index in [0.29, 0.717) is 12.8 Å². The highest BCUT2D eigenvalue weighted by atomic mass is 16.7. The van der Waals surface area contributed by atoms with Gasteiger partial charge in [-0.25, -0.2) is 10.3 Å². The van der Waals surface area contributed by atoms with Crippen LogP contribution in [0.2, 0.25) is 0 Å². The van der Waals surface area contributed by atoms with Gasteiger partial charge >= 0.3 is 5.97 Å². The van der Waals surface area contributed by atoms with E-state index in [4.69, 9.17) is 10.8 Å². The molecule has 1 aliphatic carbocycles. The normalized spacial score (nSPS) is 19.2. The molecule has 0 bridgehead atoms. The Hall–Kier alpha value is -1.14. The third-order valence-corrected chi connectivity index (χ3v) is 2.31. The number of hydrogen-bond donors (Lipinski definition) is 3. The molecule has 0 aromatic heterocycles. The Bertz CT molecular complexity index is 235. The molecular weight excluding hydrogens is 188 g/mol. The number of carboxylic acids is 1. The molecule has 0 heterocycles. The summed E-state index contributed by atoms with van der Waals surface area (Å²) in [6.07, 6.45) is 3.08. The zero-order valence-electron chi connectivity index (χ0n) is 7.78. The van der Waals surface area contributed by atoms with Crippen LogP contribution in [-0.2, 0) is 14.4 Å². The van der Waals surface area contributed by atoms with E-state index in [-0.39, 0.29) is 0 Å². The minimum absolute atomic E-state index is 0.434. The van der Waals surface area contributed by atoms with Crippen LogP contribution in [-0.4, -0.2) is 29.1 Å². The van der Waals surface area contributed by atoms with Gasteiger partial charge in [-0.3, -0.25) is 9.63 Å². The van der Waals surface area contributed by atoms with E-state index in [9.17, 15) is 9.59 Å². The van der Waals surface area contributed by atoms with Crippen LogP contribution in [0.15, 0.2) is 0 Å². The highest BCUT2D eigenvalue weighted by Gasteiger charge is 2.37. The summed E-state index contributed by atoms with van der Waals surface area (Å²) in [5.74, 6) is -1.57. The third-order valence-electron chi connectivity index (χ3n) is 2.31. The number of carboxylic acid groups (broad SMARTS) is 1. The van der Waals surface area contributed by atoms with E-state index in [1.54, 1.807) is 0 Å². The van der Waals surface area contributed by atoms with E-state index in [2.05, 4.69) is 10.3 Å². The molecular formula is C8H14N2O4. The summed E-state index contributed by atoms with van der Waals surface area (Å²) in [5.41, 5.74) is 6.96. The maximum atomic E-state index is 11.4. The van der Waals surface area contributed by atoms with Gasteiger partial charge in [0.1, 0.15) is 0 Å². The predicted octanol–water partition coefficient (Wildman–Crippen LogP) is -0.610. The van der Waals surface area contributed by atoms with Gasteiger partial charge in [0, 0.05) is 0 Å². The zero-order chi connectivity index (χ0) is 10.6. The molecule has 1 fully saturated rings. The lowest BCUT2D eigenvalue weighted by Gasteiger charge is -2.21. The average Bonchev–Trinajstić information content (AvgIpc) is 2.52. The van der Waals surface area contributed by atoms with Crippen LogP contribution in [0.5, 0.6) is 0 Å². The molecule has 0 radical (unpaired) electrons. The molecule has 1 rings (SSSR count). The maximum Gasteiger partial charge on any atom is 0.332 e. The van der Waals surface area contributed by atoms with Crippen molar-refractivity contribution >= 4 is 11.9 Å². The van der Waals surface area contributed by atoms with Crippen LogP contribution in [0.4, 0.5) is 0 Å². The molecule has 1 saturated carbocycles. The number of rotatable bonds is 4.